The predicted octanol–water partition coefficient (Wildman–Crippen LogP) is 2.51. The van der Waals surface area contributed by atoms with Crippen molar-refractivity contribution < 1.29 is 14.6 Å². The molecule has 0 aromatic heterocycles. The Morgan fingerprint density at radius 1 is 1.28 bits per heavy atom. The number of benzene rings is 1. The SMILES string of the molecule is CC(C)OC(=O)NCC1(O)CCCN(C2Cc3ccccc3C2)CC1. The zero-order valence-corrected chi connectivity index (χ0v) is 15.3. The molecule has 1 amide bonds. The minimum absolute atomic E-state index is 0.150. The number of rotatable bonds is 4. The molecule has 1 aromatic carbocycles. The highest BCUT2D eigenvalue weighted by Crippen LogP contribution is 2.29. The number of hydrogen-bond acceptors (Lipinski definition) is 4. The van der Waals surface area contributed by atoms with Crippen molar-refractivity contribution in [3.8, 4) is 0 Å². The van der Waals surface area contributed by atoms with Crippen LogP contribution in [-0.2, 0) is 17.6 Å². The van der Waals surface area contributed by atoms with Crippen LogP contribution in [0.5, 0.6) is 0 Å². The zero-order valence-electron chi connectivity index (χ0n) is 15.3. The molecule has 0 saturated carbocycles. The summed E-state index contributed by atoms with van der Waals surface area (Å²) in [4.78, 5) is 14.2. The van der Waals surface area contributed by atoms with Crippen LogP contribution in [0, 0.1) is 0 Å². The lowest BCUT2D eigenvalue weighted by atomic mass is 9.95. The summed E-state index contributed by atoms with van der Waals surface area (Å²) in [6.45, 7) is 5.78. The van der Waals surface area contributed by atoms with Crippen molar-refractivity contribution in [2.75, 3.05) is 19.6 Å². The van der Waals surface area contributed by atoms with Gasteiger partial charge in [-0.1, -0.05) is 24.3 Å². The fourth-order valence-electron chi connectivity index (χ4n) is 4.03. The van der Waals surface area contributed by atoms with E-state index in [2.05, 4.69) is 34.5 Å². The number of nitrogens with one attached hydrogen (secondary N) is 1. The highest BCUT2D eigenvalue weighted by atomic mass is 16.6. The normalized spacial score (nSPS) is 24.8. The third kappa shape index (κ3) is 4.73. The standard InChI is InChI=1S/C20H30N2O3/c1-15(2)25-19(23)21-14-20(24)8-5-10-22(11-9-20)18-12-16-6-3-4-7-17(16)13-18/h3-4,6-7,15,18,24H,5,8-14H2,1-2H3,(H,21,23). The fourth-order valence-corrected chi connectivity index (χ4v) is 4.03. The van der Waals surface area contributed by atoms with Crippen LogP contribution in [0.4, 0.5) is 4.79 Å². The second kappa shape index (κ2) is 7.75. The van der Waals surface area contributed by atoms with E-state index < -0.39 is 11.7 Å². The number of nitrogens with zero attached hydrogens (tertiary/aromatic N) is 1. The maximum Gasteiger partial charge on any atom is 0.407 e. The molecule has 0 bridgehead atoms. The van der Waals surface area contributed by atoms with Crippen LogP contribution in [0.25, 0.3) is 0 Å². The van der Waals surface area contributed by atoms with Crippen molar-refractivity contribution in [3.63, 3.8) is 0 Å². The minimum atomic E-state index is -0.837. The van der Waals surface area contributed by atoms with E-state index in [4.69, 9.17) is 4.74 Å². The third-order valence-electron chi connectivity index (χ3n) is 5.40. The first-order chi connectivity index (χ1) is 12.0. The molecule has 1 heterocycles. The largest absolute Gasteiger partial charge is 0.447 e. The topological polar surface area (TPSA) is 61.8 Å². The quantitative estimate of drug-likeness (QED) is 0.879. The van der Waals surface area contributed by atoms with Gasteiger partial charge in [0.05, 0.1) is 11.7 Å². The molecule has 0 radical (unpaired) electrons. The van der Waals surface area contributed by atoms with Crippen molar-refractivity contribution in [1.82, 2.24) is 10.2 Å². The summed E-state index contributed by atoms with van der Waals surface area (Å²) in [5, 5.41) is 13.6. The number of aliphatic hydroxyl groups is 1. The Morgan fingerprint density at radius 2 is 1.96 bits per heavy atom. The second-order valence-corrected chi connectivity index (χ2v) is 7.75. The number of alkyl carbamates (subject to hydrolysis) is 1. The Morgan fingerprint density at radius 3 is 2.60 bits per heavy atom. The van der Waals surface area contributed by atoms with Gasteiger partial charge in [-0.25, -0.2) is 4.79 Å². The number of carbonyl (C=O) groups is 1. The van der Waals surface area contributed by atoms with Crippen LogP contribution < -0.4 is 5.32 Å². The molecule has 1 aliphatic heterocycles. The number of amides is 1. The van der Waals surface area contributed by atoms with Crippen LogP contribution >= 0.6 is 0 Å². The zero-order chi connectivity index (χ0) is 17.9. The summed E-state index contributed by atoms with van der Waals surface area (Å²) < 4.78 is 5.08. The molecule has 0 spiro atoms. The molecular formula is C20H30N2O3. The number of fused-ring (bicyclic) bond motifs is 1. The Bertz CT molecular complexity index is 579. The maximum absolute atomic E-state index is 11.7. The van der Waals surface area contributed by atoms with Crippen molar-refractivity contribution in [2.45, 2.75) is 63.7 Å². The van der Waals surface area contributed by atoms with Gasteiger partial charge in [0.15, 0.2) is 0 Å². The van der Waals surface area contributed by atoms with E-state index in [-0.39, 0.29) is 12.6 Å². The van der Waals surface area contributed by atoms with Gasteiger partial charge >= 0.3 is 6.09 Å². The van der Waals surface area contributed by atoms with Gasteiger partial charge < -0.3 is 15.2 Å². The lowest BCUT2D eigenvalue weighted by Crippen LogP contribution is -2.44. The van der Waals surface area contributed by atoms with Crippen molar-refractivity contribution in [3.05, 3.63) is 35.4 Å². The van der Waals surface area contributed by atoms with Gasteiger partial charge in [0.2, 0.25) is 0 Å². The van der Waals surface area contributed by atoms with E-state index in [1.54, 1.807) is 0 Å². The number of carbonyl (C=O) groups excluding carboxylic acids is 1. The average molecular weight is 346 g/mol. The average Bonchev–Trinajstić information content (AvgIpc) is 2.90. The number of hydrogen-bond donors (Lipinski definition) is 2. The van der Waals surface area contributed by atoms with Crippen LogP contribution in [0.15, 0.2) is 24.3 Å². The first-order valence-electron chi connectivity index (χ1n) is 9.43. The Hall–Kier alpha value is -1.59. The third-order valence-corrected chi connectivity index (χ3v) is 5.40. The lowest BCUT2D eigenvalue weighted by molar-refractivity contribution is 0.0217. The molecule has 3 rings (SSSR count). The number of ether oxygens (including phenoxy) is 1. The lowest BCUT2D eigenvalue weighted by Gasteiger charge is -2.29. The minimum Gasteiger partial charge on any atom is -0.447 e. The Labute approximate surface area is 150 Å². The van der Waals surface area contributed by atoms with Gasteiger partial charge in [-0.05, 0) is 63.6 Å². The molecule has 1 saturated heterocycles. The molecule has 1 aromatic rings. The molecule has 5 nitrogen and oxygen atoms in total. The highest BCUT2D eigenvalue weighted by Gasteiger charge is 2.34. The molecule has 1 fully saturated rings. The van der Waals surface area contributed by atoms with Crippen LogP contribution in [-0.4, -0.2) is 53.5 Å². The smallest absolute Gasteiger partial charge is 0.407 e. The van der Waals surface area contributed by atoms with Crippen molar-refractivity contribution in [2.24, 2.45) is 0 Å². The van der Waals surface area contributed by atoms with Crippen LogP contribution in [0.3, 0.4) is 0 Å². The molecular weight excluding hydrogens is 316 g/mol. The van der Waals surface area contributed by atoms with Gasteiger partial charge in [-0.15, -0.1) is 0 Å². The molecule has 2 aliphatic rings. The van der Waals surface area contributed by atoms with E-state index in [1.165, 1.54) is 11.1 Å². The van der Waals surface area contributed by atoms with E-state index >= 15 is 0 Å². The molecule has 1 unspecified atom stereocenters. The Kier molecular flexibility index (Phi) is 5.64. The maximum atomic E-state index is 11.7. The number of likely N-dealkylation sites (tertiary alicyclic amines) is 1. The van der Waals surface area contributed by atoms with Gasteiger partial charge in [0.25, 0.3) is 0 Å². The second-order valence-electron chi connectivity index (χ2n) is 7.75. The van der Waals surface area contributed by atoms with Crippen molar-refractivity contribution in [1.29, 1.82) is 0 Å². The molecule has 5 heteroatoms. The first kappa shape index (κ1) is 18.2. The fraction of sp³-hybridized carbons (Fsp3) is 0.650. The van der Waals surface area contributed by atoms with Crippen LogP contribution in [0.1, 0.15) is 44.2 Å². The summed E-state index contributed by atoms with van der Waals surface area (Å²) in [5.41, 5.74) is 2.09. The molecule has 1 atom stereocenters. The summed E-state index contributed by atoms with van der Waals surface area (Å²) in [6, 6.07) is 9.23. The predicted molar refractivity (Wildman–Crippen MR) is 97.6 cm³/mol. The highest BCUT2D eigenvalue weighted by molar-refractivity contribution is 5.67. The van der Waals surface area contributed by atoms with Crippen LogP contribution in [0.2, 0.25) is 0 Å². The van der Waals surface area contributed by atoms with E-state index in [0.717, 1.165) is 32.4 Å². The molecule has 138 valence electrons. The first-order valence-corrected chi connectivity index (χ1v) is 9.43. The molecule has 2 N–H and O–H groups in total. The molecule has 25 heavy (non-hydrogen) atoms. The summed E-state index contributed by atoms with van der Waals surface area (Å²) in [5.74, 6) is 0. The van der Waals surface area contributed by atoms with E-state index in [0.29, 0.717) is 18.9 Å². The summed E-state index contributed by atoms with van der Waals surface area (Å²) in [7, 11) is 0. The van der Waals surface area contributed by atoms with E-state index in [1.807, 2.05) is 13.8 Å². The summed E-state index contributed by atoms with van der Waals surface area (Å²) >= 11 is 0. The van der Waals surface area contributed by atoms with E-state index in [9.17, 15) is 9.90 Å². The van der Waals surface area contributed by atoms with Gasteiger partial charge in [0, 0.05) is 19.1 Å². The van der Waals surface area contributed by atoms with Gasteiger partial charge in [-0.3, -0.25) is 4.90 Å². The Balaban J connectivity index is 1.51. The summed E-state index contributed by atoms with van der Waals surface area (Å²) in [6.07, 6.45) is 3.96. The van der Waals surface area contributed by atoms with Gasteiger partial charge in [0.1, 0.15) is 0 Å². The monoisotopic (exact) mass is 346 g/mol. The molecule has 1 aliphatic carbocycles. The van der Waals surface area contributed by atoms with Gasteiger partial charge in [-0.2, -0.15) is 0 Å². The van der Waals surface area contributed by atoms with Crippen molar-refractivity contribution >= 4 is 6.09 Å².